The topological polar surface area (TPSA) is 111 Å². The first-order valence-corrected chi connectivity index (χ1v) is 14.6. The number of ether oxygens (including phenoxy) is 1. The Morgan fingerprint density at radius 3 is 2.46 bits per heavy atom. The summed E-state index contributed by atoms with van der Waals surface area (Å²) in [7, 11) is 0. The van der Waals surface area contributed by atoms with E-state index in [1.54, 1.807) is 18.2 Å². The predicted octanol–water partition coefficient (Wildman–Crippen LogP) is 2.30. The van der Waals surface area contributed by atoms with Gasteiger partial charge in [0.15, 0.2) is 0 Å². The first-order chi connectivity index (χ1) is 19.9. The van der Waals surface area contributed by atoms with Gasteiger partial charge in [0.1, 0.15) is 6.04 Å². The van der Waals surface area contributed by atoms with Crippen molar-refractivity contribution in [2.45, 2.75) is 57.8 Å². The van der Waals surface area contributed by atoms with Crippen molar-refractivity contribution in [3.8, 4) is 0 Å². The van der Waals surface area contributed by atoms with Crippen molar-refractivity contribution in [2.75, 3.05) is 44.7 Å². The molecule has 0 aliphatic carbocycles. The van der Waals surface area contributed by atoms with Gasteiger partial charge in [0, 0.05) is 44.3 Å². The van der Waals surface area contributed by atoms with Gasteiger partial charge in [0.2, 0.25) is 11.8 Å². The molecule has 41 heavy (non-hydrogen) atoms. The van der Waals surface area contributed by atoms with Gasteiger partial charge in [-0.25, -0.2) is 0 Å². The van der Waals surface area contributed by atoms with Gasteiger partial charge in [-0.3, -0.25) is 39.2 Å². The standard InChI is InChI=1S/C31H37N5O5/c1-20-17-21(5-6-22(20)19-34-11-9-23(10-12-34)35-13-15-41-16-14-35)18-32-25-4-2-3-24-28(25)31(40)36(30(24)39)26-7-8-27(37)33-29(26)38/h2-6,17,23,26,32H,7-16,18-19H2,1H3,(H,33,37,38). The summed E-state index contributed by atoms with van der Waals surface area (Å²) in [6, 6.07) is 11.3. The second kappa shape index (κ2) is 11.7. The molecule has 0 saturated carbocycles. The van der Waals surface area contributed by atoms with Gasteiger partial charge in [-0.1, -0.05) is 24.3 Å². The second-order valence-electron chi connectivity index (χ2n) is 11.4. The Kier molecular flexibility index (Phi) is 7.88. The molecule has 6 rings (SSSR count). The van der Waals surface area contributed by atoms with Crippen molar-refractivity contribution < 1.29 is 23.9 Å². The molecule has 3 saturated heterocycles. The maximum absolute atomic E-state index is 13.4. The fourth-order valence-electron chi connectivity index (χ4n) is 6.53. The zero-order chi connectivity index (χ0) is 28.5. The lowest BCUT2D eigenvalue weighted by Gasteiger charge is -2.40. The number of anilines is 1. The molecule has 2 aromatic rings. The van der Waals surface area contributed by atoms with E-state index in [1.165, 1.54) is 24.0 Å². The normalized spacial score (nSPS) is 22.7. The van der Waals surface area contributed by atoms with E-state index in [2.05, 4.69) is 45.6 Å². The summed E-state index contributed by atoms with van der Waals surface area (Å²) < 4.78 is 5.51. The molecular formula is C31H37N5O5. The summed E-state index contributed by atoms with van der Waals surface area (Å²) in [6.45, 7) is 9.57. The molecule has 3 fully saturated rings. The zero-order valence-electron chi connectivity index (χ0n) is 23.5. The number of carbonyl (C=O) groups excluding carboxylic acids is 4. The molecule has 4 aliphatic rings. The molecule has 4 aliphatic heterocycles. The third-order valence-electron chi connectivity index (χ3n) is 8.87. The maximum Gasteiger partial charge on any atom is 0.264 e. The number of benzene rings is 2. The third-order valence-corrected chi connectivity index (χ3v) is 8.87. The Bertz CT molecular complexity index is 1360. The Balaban J connectivity index is 1.07. The van der Waals surface area contributed by atoms with E-state index >= 15 is 0 Å². The lowest BCUT2D eigenvalue weighted by atomic mass is 10.00. The van der Waals surface area contributed by atoms with Crippen molar-refractivity contribution in [3.63, 3.8) is 0 Å². The Morgan fingerprint density at radius 1 is 0.951 bits per heavy atom. The molecule has 216 valence electrons. The number of hydrogen-bond donors (Lipinski definition) is 2. The average Bonchev–Trinajstić information content (AvgIpc) is 3.24. The van der Waals surface area contributed by atoms with Crippen molar-refractivity contribution in [3.05, 3.63) is 64.2 Å². The fraction of sp³-hybridized carbons (Fsp3) is 0.484. The smallest absolute Gasteiger partial charge is 0.264 e. The number of likely N-dealkylation sites (tertiary alicyclic amines) is 1. The number of rotatable bonds is 7. The molecule has 1 atom stereocenters. The quantitative estimate of drug-likeness (QED) is 0.498. The van der Waals surface area contributed by atoms with Gasteiger partial charge >= 0.3 is 0 Å². The van der Waals surface area contributed by atoms with Crippen LogP contribution in [0.5, 0.6) is 0 Å². The van der Waals surface area contributed by atoms with Gasteiger partial charge < -0.3 is 10.1 Å². The van der Waals surface area contributed by atoms with Gasteiger partial charge in [0.05, 0.1) is 24.3 Å². The lowest BCUT2D eigenvalue weighted by molar-refractivity contribution is -0.136. The highest BCUT2D eigenvalue weighted by molar-refractivity contribution is 6.25. The molecule has 2 N–H and O–H groups in total. The summed E-state index contributed by atoms with van der Waals surface area (Å²) in [5.74, 6) is -2.01. The Morgan fingerprint density at radius 2 is 1.73 bits per heavy atom. The van der Waals surface area contributed by atoms with Crippen LogP contribution >= 0.6 is 0 Å². The SMILES string of the molecule is Cc1cc(CNc2cccc3c2C(=O)N(C2CCC(=O)NC2=O)C3=O)ccc1CN1CCC(N2CCOCC2)CC1. The van der Waals surface area contributed by atoms with E-state index in [9.17, 15) is 19.2 Å². The van der Waals surface area contributed by atoms with E-state index in [-0.39, 0.29) is 29.9 Å². The Hall–Kier alpha value is -3.60. The van der Waals surface area contributed by atoms with Crippen LogP contribution in [-0.2, 0) is 27.4 Å². The summed E-state index contributed by atoms with van der Waals surface area (Å²) in [4.78, 5) is 56.5. The minimum absolute atomic E-state index is 0.0942. The van der Waals surface area contributed by atoms with Gasteiger partial charge in [0.25, 0.3) is 11.8 Å². The minimum Gasteiger partial charge on any atom is -0.380 e. The van der Waals surface area contributed by atoms with E-state index in [1.807, 2.05) is 0 Å². The van der Waals surface area contributed by atoms with Crippen LogP contribution in [-0.4, -0.2) is 89.8 Å². The van der Waals surface area contributed by atoms with Gasteiger partial charge in [-0.15, -0.1) is 0 Å². The van der Waals surface area contributed by atoms with Crippen LogP contribution in [0, 0.1) is 6.92 Å². The van der Waals surface area contributed by atoms with Crippen LogP contribution in [0.2, 0.25) is 0 Å². The summed E-state index contributed by atoms with van der Waals surface area (Å²) in [5.41, 5.74) is 4.73. The summed E-state index contributed by atoms with van der Waals surface area (Å²) in [6.07, 6.45) is 2.63. The number of nitrogens with one attached hydrogen (secondary N) is 2. The molecule has 2 aromatic carbocycles. The molecule has 0 bridgehead atoms. The molecule has 0 spiro atoms. The number of hydrogen-bond acceptors (Lipinski definition) is 8. The molecule has 0 radical (unpaired) electrons. The number of aryl methyl sites for hydroxylation is 1. The molecule has 4 amide bonds. The first kappa shape index (κ1) is 27.6. The third kappa shape index (κ3) is 5.64. The van der Waals surface area contributed by atoms with Crippen LogP contribution in [0.25, 0.3) is 0 Å². The second-order valence-corrected chi connectivity index (χ2v) is 11.4. The summed E-state index contributed by atoms with van der Waals surface area (Å²) >= 11 is 0. The average molecular weight is 560 g/mol. The molecule has 10 nitrogen and oxygen atoms in total. The van der Waals surface area contributed by atoms with Crippen molar-refractivity contribution in [2.24, 2.45) is 0 Å². The largest absolute Gasteiger partial charge is 0.380 e. The highest BCUT2D eigenvalue weighted by Gasteiger charge is 2.45. The van der Waals surface area contributed by atoms with Crippen LogP contribution in [0.3, 0.4) is 0 Å². The molecule has 0 aromatic heterocycles. The molecule has 10 heteroatoms. The number of morpholine rings is 1. The number of carbonyl (C=O) groups is 4. The minimum atomic E-state index is -0.978. The molecular weight excluding hydrogens is 522 g/mol. The van der Waals surface area contributed by atoms with E-state index in [0.29, 0.717) is 18.3 Å². The molecule has 4 heterocycles. The van der Waals surface area contributed by atoms with Crippen LogP contribution < -0.4 is 10.6 Å². The summed E-state index contributed by atoms with van der Waals surface area (Å²) in [5, 5.41) is 5.58. The predicted molar refractivity (Wildman–Crippen MR) is 152 cm³/mol. The van der Waals surface area contributed by atoms with Crippen LogP contribution in [0.15, 0.2) is 36.4 Å². The number of fused-ring (bicyclic) bond motifs is 1. The molecule has 1 unspecified atom stereocenters. The highest BCUT2D eigenvalue weighted by atomic mass is 16.5. The van der Waals surface area contributed by atoms with E-state index in [4.69, 9.17) is 4.74 Å². The monoisotopic (exact) mass is 559 g/mol. The number of nitrogens with zero attached hydrogens (tertiary/aromatic N) is 3. The van der Waals surface area contributed by atoms with Crippen molar-refractivity contribution >= 4 is 29.3 Å². The van der Waals surface area contributed by atoms with Crippen molar-refractivity contribution in [1.29, 1.82) is 0 Å². The number of amides is 4. The van der Waals surface area contributed by atoms with Gasteiger partial charge in [-0.05, 0) is 68.1 Å². The lowest BCUT2D eigenvalue weighted by Crippen LogP contribution is -2.54. The van der Waals surface area contributed by atoms with Crippen molar-refractivity contribution in [1.82, 2.24) is 20.0 Å². The van der Waals surface area contributed by atoms with Crippen LogP contribution in [0.4, 0.5) is 5.69 Å². The zero-order valence-corrected chi connectivity index (χ0v) is 23.5. The maximum atomic E-state index is 13.4. The first-order valence-electron chi connectivity index (χ1n) is 14.6. The van der Waals surface area contributed by atoms with E-state index < -0.39 is 23.8 Å². The van der Waals surface area contributed by atoms with Gasteiger partial charge in [-0.2, -0.15) is 0 Å². The Labute approximate surface area is 240 Å². The number of imide groups is 2. The fourth-order valence-corrected chi connectivity index (χ4v) is 6.53. The van der Waals surface area contributed by atoms with Crippen LogP contribution in [0.1, 0.15) is 63.1 Å². The highest BCUT2D eigenvalue weighted by Crippen LogP contribution is 2.32. The number of piperidine rings is 2. The van der Waals surface area contributed by atoms with E-state index in [0.717, 1.165) is 56.4 Å².